The highest BCUT2D eigenvalue weighted by molar-refractivity contribution is 8.15. The summed E-state index contributed by atoms with van der Waals surface area (Å²) in [6.07, 6.45) is 1.61. The zero-order valence-corrected chi connectivity index (χ0v) is 16.4. The van der Waals surface area contributed by atoms with E-state index in [2.05, 4.69) is 5.10 Å². The molecule has 0 aliphatic carbocycles. The molecule has 0 spiro atoms. The third-order valence-electron chi connectivity index (χ3n) is 3.84. The van der Waals surface area contributed by atoms with Crippen molar-refractivity contribution in [2.75, 3.05) is 25.7 Å². The minimum atomic E-state index is -3.02. The first kappa shape index (κ1) is 19.1. The van der Waals surface area contributed by atoms with Crippen LogP contribution in [0.1, 0.15) is 5.56 Å². The van der Waals surface area contributed by atoms with Crippen LogP contribution in [0.3, 0.4) is 0 Å². The molecule has 3 rings (SSSR count). The minimum absolute atomic E-state index is 0. The third-order valence-corrected chi connectivity index (χ3v) is 6.98. The van der Waals surface area contributed by atoms with Gasteiger partial charge in [0.05, 0.1) is 37.2 Å². The number of halogens is 1. The Kier molecular flexibility index (Phi) is 5.82. The minimum Gasteiger partial charge on any atom is -1.00 e. The quantitative estimate of drug-likeness (QED) is 0.408. The van der Waals surface area contributed by atoms with Crippen LogP contribution in [0.15, 0.2) is 23.3 Å². The van der Waals surface area contributed by atoms with Crippen molar-refractivity contribution in [2.24, 2.45) is 10.8 Å². The fourth-order valence-corrected chi connectivity index (χ4v) is 6.46. The molecule has 10 heteroatoms. The van der Waals surface area contributed by atoms with E-state index in [1.807, 2.05) is 0 Å². The lowest BCUT2D eigenvalue weighted by Gasteiger charge is -2.07. The Balaban J connectivity index is 0.00000208. The van der Waals surface area contributed by atoms with Gasteiger partial charge in [0.1, 0.15) is 11.5 Å². The standard InChI is InChI=1S/C14H17N3O4S2.BrH/c1-20-10-3-4-12(21-2)9(5-10)6-16-17-11-7-23(18,19)8-13(11)22-14(17)15;/h3-6,11,13,15H,7-8H2,1-2H3;1H/b16-6+;. The Morgan fingerprint density at radius 2 is 2.08 bits per heavy atom. The molecule has 0 saturated carbocycles. The van der Waals surface area contributed by atoms with Crippen molar-refractivity contribution in [3.63, 3.8) is 0 Å². The molecule has 1 saturated heterocycles. The smallest absolute Gasteiger partial charge is 0.330 e. The molecule has 2 aliphatic rings. The third kappa shape index (κ3) is 3.70. The van der Waals surface area contributed by atoms with E-state index in [1.165, 1.54) is 11.8 Å². The van der Waals surface area contributed by atoms with E-state index < -0.39 is 9.84 Å². The van der Waals surface area contributed by atoms with Gasteiger partial charge < -0.3 is 26.5 Å². The summed E-state index contributed by atoms with van der Waals surface area (Å²) in [4.78, 5) is 0. The second kappa shape index (κ2) is 7.32. The zero-order valence-electron chi connectivity index (χ0n) is 13.2. The van der Waals surface area contributed by atoms with Crippen molar-refractivity contribution >= 4 is 33.0 Å². The molecule has 24 heavy (non-hydrogen) atoms. The first-order valence-electron chi connectivity index (χ1n) is 6.98. The van der Waals surface area contributed by atoms with Gasteiger partial charge in [-0.15, -0.1) is 4.68 Å². The average molecular weight is 436 g/mol. The summed E-state index contributed by atoms with van der Waals surface area (Å²) in [5.41, 5.74) is 6.72. The number of sulfone groups is 1. The van der Waals surface area contributed by atoms with E-state index in [0.29, 0.717) is 16.7 Å². The van der Waals surface area contributed by atoms with Crippen molar-refractivity contribution in [1.29, 1.82) is 0 Å². The summed E-state index contributed by atoms with van der Waals surface area (Å²) in [7, 11) is 0.139. The van der Waals surface area contributed by atoms with E-state index in [4.69, 9.17) is 15.2 Å². The number of hydrogen-bond acceptors (Lipinski definition) is 7. The van der Waals surface area contributed by atoms with Gasteiger partial charge >= 0.3 is 5.17 Å². The number of methoxy groups -OCH3 is 2. The fraction of sp³-hybridized carbons (Fsp3) is 0.429. The highest BCUT2D eigenvalue weighted by Gasteiger charge is 2.49. The molecule has 2 atom stereocenters. The number of hydrazone groups is 1. The van der Waals surface area contributed by atoms with Crippen LogP contribution in [-0.4, -0.2) is 61.5 Å². The first-order valence-corrected chi connectivity index (χ1v) is 9.68. The Morgan fingerprint density at radius 3 is 2.75 bits per heavy atom. The summed E-state index contributed by atoms with van der Waals surface area (Å²) in [5.74, 6) is 1.56. The highest BCUT2D eigenvalue weighted by Crippen LogP contribution is 2.32. The monoisotopic (exact) mass is 435 g/mol. The number of rotatable bonds is 4. The Bertz CT molecular complexity index is 795. The van der Waals surface area contributed by atoms with Crippen molar-refractivity contribution in [3.8, 4) is 11.5 Å². The molecular weight excluding hydrogens is 418 g/mol. The van der Waals surface area contributed by atoms with Crippen LogP contribution in [-0.2, 0) is 9.84 Å². The Labute approximate surface area is 155 Å². The van der Waals surface area contributed by atoms with E-state index in [1.54, 1.807) is 43.3 Å². The lowest BCUT2D eigenvalue weighted by atomic mass is 10.2. The molecule has 7 nitrogen and oxygen atoms in total. The number of benzene rings is 1. The maximum Gasteiger partial charge on any atom is 0.330 e. The predicted octanol–water partition coefficient (Wildman–Crippen LogP) is -2.72. The molecule has 1 fully saturated rings. The van der Waals surface area contributed by atoms with Crippen LogP contribution in [0.2, 0.25) is 0 Å². The van der Waals surface area contributed by atoms with Crippen molar-refractivity contribution in [3.05, 3.63) is 23.8 Å². The molecular formula is C14H18BrN3O4S2. The van der Waals surface area contributed by atoms with E-state index >= 15 is 0 Å². The molecule has 2 aliphatic heterocycles. The van der Waals surface area contributed by atoms with Crippen LogP contribution < -0.4 is 32.2 Å². The predicted molar refractivity (Wildman–Crippen MR) is 90.4 cm³/mol. The van der Waals surface area contributed by atoms with E-state index in [0.717, 1.165) is 5.56 Å². The fourth-order valence-electron chi connectivity index (χ4n) is 2.72. The van der Waals surface area contributed by atoms with Crippen LogP contribution >= 0.6 is 11.8 Å². The van der Waals surface area contributed by atoms with Crippen LogP contribution in [0, 0.1) is 0 Å². The molecule has 1 aromatic rings. The normalized spacial score (nSPS) is 24.8. The first-order chi connectivity index (χ1) is 10.9. The van der Waals surface area contributed by atoms with E-state index in [-0.39, 0.29) is 39.8 Å². The number of fused-ring (bicyclic) bond motifs is 1. The Hall–Kier alpha value is -1.26. The van der Waals surface area contributed by atoms with Gasteiger partial charge in [0.2, 0.25) is 0 Å². The van der Waals surface area contributed by atoms with Crippen LogP contribution in [0.5, 0.6) is 11.5 Å². The summed E-state index contributed by atoms with van der Waals surface area (Å²) >= 11 is 1.37. The summed E-state index contributed by atoms with van der Waals surface area (Å²) in [5, 5.41) is 4.86. The second-order valence-corrected chi connectivity index (χ2v) is 8.75. The molecule has 0 radical (unpaired) electrons. The highest BCUT2D eigenvalue weighted by atomic mass is 79.9. The summed E-state index contributed by atoms with van der Waals surface area (Å²) < 4.78 is 35.7. The number of hydrogen-bond donors (Lipinski definition) is 1. The van der Waals surface area contributed by atoms with Gasteiger partial charge in [0.25, 0.3) is 0 Å². The molecule has 2 heterocycles. The lowest BCUT2D eigenvalue weighted by molar-refractivity contribution is -0.558. The van der Waals surface area contributed by atoms with Gasteiger partial charge in [0.15, 0.2) is 15.9 Å². The van der Waals surface area contributed by atoms with Crippen LogP contribution in [0.25, 0.3) is 0 Å². The molecule has 132 valence electrons. The number of nitrogens with two attached hydrogens (primary N) is 1. The van der Waals surface area contributed by atoms with Gasteiger partial charge in [-0.05, 0) is 30.0 Å². The topological polar surface area (TPSA) is 94.0 Å². The maximum atomic E-state index is 11.8. The van der Waals surface area contributed by atoms with Gasteiger partial charge in [-0.1, -0.05) is 5.10 Å². The lowest BCUT2D eigenvalue weighted by Crippen LogP contribution is -3.00. The second-order valence-electron chi connectivity index (χ2n) is 5.34. The molecule has 2 N–H and O–H groups in total. The van der Waals surface area contributed by atoms with Gasteiger partial charge in [0, 0.05) is 5.56 Å². The van der Waals surface area contributed by atoms with Crippen molar-refractivity contribution < 1.29 is 39.6 Å². The number of nitrogens with zero attached hydrogens (tertiary/aromatic N) is 2. The van der Waals surface area contributed by atoms with Gasteiger partial charge in [-0.25, -0.2) is 8.42 Å². The summed E-state index contributed by atoms with van der Waals surface area (Å²) in [6, 6.07) is 5.17. The average Bonchev–Trinajstić information content (AvgIpc) is 2.95. The number of amidine groups is 1. The maximum absolute atomic E-state index is 11.8. The van der Waals surface area contributed by atoms with Gasteiger partial charge in [-0.3, -0.25) is 5.73 Å². The number of ether oxygens (including phenoxy) is 2. The molecule has 0 amide bonds. The molecule has 0 aromatic heterocycles. The SMILES string of the molecule is COc1ccc(OC)c(/C=N/[N+]2=C(N)SC3CS(=O)(=O)CC32)c1.[Br-]. The Morgan fingerprint density at radius 1 is 1.33 bits per heavy atom. The number of thioether (sulfide) groups is 1. The largest absolute Gasteiger partial charge is 1.00 e. The van der Waals surface area contributed by atoms with E-state index in [9.17, 15) is 8.42 Å². The van der Waals surface area contributed by atoms with Crippen molar-refractivity contribution in [1.82, 2.24) is 0 Å². The van der Waals surface area contributed by atoms with Crippen LogP contribution in [0.4, 0.5) is 0 Å². The zero-order chi connectivity index (χ0) is 16.6. The molecule has 1 aromatic carbocycles. The van der Waals surface area contributed by atoms with Crippen molar-refractivity contribution in [2.45, 2.75) is 11.3 Å². The molecule has 2 unspecified atom stereocenters. The summed E-state index contributed by atoms with van der Waals surface area (Å²) in [6.45, 7) is 0. The van der Waals surface area contributed by atoms with Gasteiger partial charge in [-0.2, -0.15) is 0 Å². The molecule has 0 bridgehead atoms.